The van der Waals surface area contributed by atoms with E-state index in [-0.39, 0.29) is 0 Å². The van der Waals surface area contributed by atoms with Gasteiger partial charge < -0.3 is 0 Å². The Morgan fingerprint density at radius 1 is 1.31 bits per heavy atom. The van der Waals surface area contributed by atoms with Crippen molar-refractivity contribution in [1.82, 2.24) is 0 Å². The predicted octanol–water partition coefficient (Wildman–Crippen LogP) is 3.88. The molecule has 1 nitrogen and oxygen atoms in total. The van der Waals surface area contributed by atoms with E-state index in [0.29, 0.717) is 0 Å². The molecule has 1 rings (SSSR count). The minimum absolute atomic E-state index is 0.681. The Kier molecular flexibility index (Phi) is 3.99. The highest BCUT2D eigenvalue weighted by atomic mass is 35.5. The van der Waals surface area contributed by atoms with Gasteiger partial charge in [0.05, 0.1) is 0 Å². The molecular weight excluding hydrogens is 235 g/mol. The number of rotatable bonds is 0. The average molecular weight is 241 g/mol. The van der Waals surface area contributed by atoms with Gasteiger partial charge in [-0.05, 0) is 23.2 Å². The van der Waals surface area contributed by atoms with Crippen LogP contribution >= 0.6 is 23.2 Å². The van der Waals surface area contributed by atoms with Gasteiger partial charge in [-0.3, -0.25) is 4.79 Å². The van der Waals surface area contributed by atoms with Crippen LogP contribution in [0.2, 0.25) is 0 Å². The Balaban J connectivity index is 0.000000310. The Labute approximate surface area is 82.0 Å². The van der Waals surface area contributed by atoms with Gasteiger partial charge in [-0.15, -0.1) is 0 Å². The molecular formula is C6H6Cl2F4O. The van der Waals surface area contributed by atoms with E-state index < -0.39 is 28.9 Å². The Morgan fingerprint density at radius 3 is 1.62 bits per heavy atom. The van der Waals surface area contributed by atoms with E-state index in [4.69, 9.17) is 4.79 Å². The van der Waals surface area contributed by atoms with Gasteiger partial charge in [-0.1, -0.05) is 6.92 Å². The van der Waals surface area contributed by atoms with E-state index in [9.17, 15) is 17.6 Å². The van der Waals surface area contributed by atoms with Gasteiger partial charge in [-0.25, -0.2) is 0 Å². The summed E-state index contributed by atoms with van der Waals surface area (Å²) in [6.45, 7) is 1.12. The second-order valence-corrected chi connectivity index (χ2v) is 3.54. The van der Waals surface area contributed by atoms with E-state index in [1.165, 1.54) is 0 Å². The van der Waals surface area contributed by atoms with Crippen molar-refractivity contribution in [1.29, 1.82) is 0 Å². The van der Waals surface area contributed by atoms with E-state index in [2.05, 4.69) is 23.2 Å². The first kappa shape index (κ1) is 13.0. The standard InChI is InChI=1S/C5H6F4.CCl2O/c1-3-2-4(6,7)5(3,8)9;2-1(3)4/h3H,2H2,1H3;. The first-order valence-corrected chi connectivity index (χ1v) is 3.97. The molecule has 0 amide bonds. The largest absolute Gasteiger partial charge is 0.313 e. The van der Waals surface area contributed by atoms with Gasteiger partial charge in [0.15, 0.2) is 0 Å². The van der Waals surface area contributed by atoms with Crippen LogP contribution in [0.25, 0.3) is 0 Å². The third-order valence-electron chi connectivity index (χ3n) is 1.67. The highest BCUT2D eigenvalue weighted by Crippen LogP contribution is 2.54. The highest BCUT2D eigenvalue weighted by Gasteiger charge is 2.69. The summed E-state index contributed by atoms with van der Waals surface area (Å²) < 4.78 is 46.7. The molecule has 0 aromatic heterocycles. The van der Waals surface area contributed by atoms with Crippen LogP contribution in [0.15, 0.2) is 0 Å². The van der Waals surface area contributed by atoms with E-state index >= 15 is 0 Å². The molecule has 1 fully saturated rings. The minimum atomic E-state index is -3.76. The molecule has 0 heterocycles. The molecule has 78 valence electrons. The van der Waals surface area contributed by atoms with Crippen LogP contribution < -0.4 is 0 Å². The van der Waals surface area contributed by atoms with Crippen LogP contribution in [0.1, 0.15) is 13.3 Å². The molecule has 0 spiro atoms. The lowest BCUT2D eigenvalue weighted by Crippen LogP contribution is -2.57. The zero-order valence-electron chi connectivity index (χ0n) is 6.46. The van der Waals surface area contributed by atoms with Crippen molar-refractivity contribution in [3.05, 3.63) is 0 Å². The van der Waals surface area contributed by atoms with Crippen molar-refractivity contribution >= 4 is 27.9 Å². The molecule has 0 bridgehead atoms. The van der Waals surface area contributed by atoms with E-state index in [1.807, 2.05) is 0 Å². The van der Waals surface area contributed by atoms with Crippen molar-refractivity contribution in [3.8, 4) is 0 Å². The molecule has 0 radical (unpaired) electrons. The summed E-state index contributed by atoms with van der Waals surface area (Å²) in [6.07, 6.45) is -0.681. The number of carbonyl (C=O) groups is 1. The third kappa shape index (κ3) is 2.98. The van der Waals surface area contributed by atoms with Gasteiger partial charge in [-0.2, -0.15) is 17.6 Å². The zero-order chi connectivity index (χ0) is 10.9. The topological polar surface area (TPSA) is 17.1 Å². The average Bonchev–Trinajstić information content (AvgIpc) is 1.84. The predicted molar refractivity (Wildman–Crippen MR) is 40.8 cm³/mol. The molecule has 1 aliphatic carbocycles. The maximum absolute atomic E-state index is 12.0. The second-order valence-electron chi connectivity index (χ2n) is 2.66. The summed E-state index contributed by atoms with van der Waals surface area (Å²) in [5.74, 6) is -8.66. The molecule has 1 saturated carbocycles. The molecule has 0 aliphatic heterocycles. The fourth-order valence-electron chi connectivity index (χ4n) is 0.878. The van der Waals surface area contributed by atoms with Crippen molar-refractivity contribution in [2.24, 2.45) is 5.92 Å². The van der Waals surface area contributed by atoms with Crippen molar-refractivity contribution in [2.75, 3.05) is 0 Å². The van der Waals surface area contributed by atoms with Crippen LogP contribution in [0, 0.1) is 5.92 Å². The summed E-state index contributed by atoms with van der Waals surface area (Å²) >= 11 is 8.80. The molecule has 0 aromatic carbocycles. The third-order valence-corrected chi connectivity index (χ3v) is 1.67. The molecule has 0 aromatic rings. The normalized spacial score (nSPS) is 28.1. The lowest BCUT2D eigenvalue weighted by molar-refractivity contribution is -0.309. The summed E-state index contributed by atoms with van der Waals surface area (Å²) in [6, 6.07) is 0. The molecule has 1 atom stereocenters. The SMILES string of the molecule is CC1CC(F)(F)C1(F)F.O=C(Cl)Cl. The fraction of sp³-hybridized carbons (Fsp3) is 0.833. The summed E-state index contributed by atoms with van der Waals surface area (Å²) in [5.41, 5.74) is 0. The second kappa shape index (κ2) is 4.00. The van der Waals surface area contributed by atoms with Crippen LogP contribution in [0.3, 0.4) is 0 Å². The fourth-order valence-corrected chi connectivity index (χ4v) is 0.878. The first-order valence-electron chi connectivity index (χ1n) is 3.22. The lowest BCUT2D eigenvalue weighted by Gasteiger charge is -2.41. The molecule has 0 saturated heterocycles. The molecule has 1 aliphatic rings. The van der Waals surface area contributed by atoms with Crippen molar-refractivity contribution in [2.45, 2.75) is 25.2 Å². The van der Waals surface area contributed by atoms with Gasteiger partial charge in [0.1, 0.15) is 0 Å². The minimum Gasteiger partial charge on any atom is -0.262 e. The molecule has 1 unspecified atom stereocenters. The number of alkyl halides is 4. The summed E-state index contributed by atoms with van der Waals surface area (Å²) in [5, 5.41) is 0. The smallest absolute Gasteiger partial charge is 0.262 e. The number of carbonyl (C=O) groups excluding carboxylic acids is 1. The van der Waals surface area contributed by atoms with Crippen molar-refractivity contribution < 1.29 is 22.4 Å². The van der Waals surface area contributed by atoms with Gasteiger partial charge >= 0.3 is 16.5 Å². The van der Waals surface area contributed by atoms with Gasteiger partial charge in [0, 0.05) is 12.3 Å². The lowest BCUT2D eigenvalue weighted by atomic mass is 9.78. The Bertz CT molecular complexity index is 203. The highest BCUT2D eigenvalue weighted by molar-refractivity contribution is 6.93. The maximum atomic E-state index is 12.0. The summed E-state index contributed by atoms with van der Waals surface area (Å²) in [7, 11) is 0. The van der Waals surface area contributed by atoms with Crippen LogP contribution in [0.4, 0.5) is 22.4 Å². The van der Waals surface area contributed by atoms with Crippen LogP contribution in [0.5, 0.6) is 0 Å². The zero-order valence-corrected chi connectivity index (χ0v) is 7.97. The number of hydrogen-bond acceptors (Lipinski definition) is 1. The van der Waals surface area contributed by atoms with E-state index in [1.54, 1.807) is 0 Å². The molecule has 13 heavy (non-hydrogen) atoms. The Morgan fingerprint density at radius 2 is 1.62 bits per heavy atom. The number of halogens is 6. The number of hydrogen-bond donors (Lipinski definition) is 0. The molecule has 0 N–H and O–H groups in total. The van der Waals surface area contributed by atoms with Crippen LogP contribution in [-0.4, -0.2) is 16.5 Å². The monoisotopic (exact) mass is 240 g/mol. The summed E-state index contributed by atoms with van der Waals surface area (Å²) in [4.78, 5) is 8.98. The molecule has 7 heteroatoms. The quantitative estimate of drug-likeness (QED) is 0.464. The van der Waals surface area contributed by atoms with Crippen LogP contribution in [-0.2, 0) is 0 Å². The Hall–Kier alpha value is -0.0300. The van der Waals surface area contributed by atoms with Gasteiger partial charge in [0.2, 0.25) is 0 Å². The van der Waals surface area contributed by atoms with Crippen molar-refractivity contribution in [3.63, 3.8) is 0 Å². The first-order chi connectivity index (χ1) is 5.61. The van der Waals surface area contributed by atoms with Gasteiger partial charge in [0.25, 0.3) is 0 Å². The van der Waals surface area contributed by atoms with E-state index in [0.717, 1.165) is 6.92 Å². The maximum Gasteiger partial charge on any atom is 0.313 e.